The third-order valence-electron chi connectivity index (χ3n) is 13.1. The minimum absolute atomic E-state index is 0.0662. The highest BCUT2D eigenvalue weighted by Crippen LogP contribution is 2.33. The van der Waals surface area contributed by atoms with E-state index in [0.717, 1.165) is 98.1 Å². The molecule has 4 aromatic rings. The van der Waals surface area contributed by atoms with E-state index in [4.69, 9.17) is 28.9 Å². The lowest BCUT2D eigenvalue weighted by Gasteiger charge is -2.34. The Kier molecular flexibility index (Phi) is 18.2. The van der Waals surface area contributed by atoms with Crippen LogP contribution >= 0.6 is 0 Å². The molecule has 2 aromatic heterocycles. The number of aryl methyl sites for hydroxylation is 1. The first-order chi connectivity index (χ1) is 34.2. The third-order valence-corrected chi connectivity index (χ3v) is 13.1. The lowest BCUT2D eigenvalue weighted by Crippen LogP contribution is -2.54. The molecule has 5 N–H and O–H groups in total. The molecule has 4 amide bonds. The molecule has 70 heavy (non-hydrogen) atoms. The average molecular weight is 963 g/mol. The lowest BCUT2D eigenvalue weighted by atomic mass is 9.93. The van der Waals surface area contributed by atoms with Gasteiger partial charge in [0, 0.05) is 82.9 Å². The monoisotopic (exact) mass is 963 g/mol. The SMILES string of the molecule is Cc1ccc(CNc2ncc(-c3ccc(CN4CCN(CCOCCOCCOCCOCCNc5cccc6c5C(=O)N(C5CCC(=O)NC5=O)C6=O)CC4)cn3)c(NC3CCC(O)CC3)n2)cc1. The molecular formula is C51H66N10O9. The number of pyridine rings is 1. The van der Waals surface area contributed by atoms with Gasteiger partial charge in [0.1, 0.15) is 11.9 Å². The fourth-order valence-electron chi connectivity index (χ4n) is 9.05. The molecule has 1 unspecified atom stereocenters. The number of aliphatic hydroxyl groups is 1. The summed E-state index contributed by atoms with van der Waals surface area (Å²) >= 11 is 0. The van der Waals surface area contributed by atoms with E-state index in [-0.39, 0.29) is 36.1 Å². The Bertz CT molecular complexity index is 2370. The summed E-state index contributed by atoms with van der Waals surface area (Å²) in [6, 6.07) is 16.8. The van der Waals surface area contributed by atoms with Gasteiger partial charge < -0.3 is 40.0 Å². The van der Waals surface area contributed by atoms with E-state index >= 15 is 0 Å². The van der Waals surface area contributed by atoms with E-state index in [9.17, 15) is 24.3 Å². The molecule has 19 nitrogen and oxygen atoms in total. The van der Waals surface area contributed by atoms with E-state index in [1.807, 2.05) is 12.4 Å². The number of anilines is 3. The van der Waals surface area contributed by atoms with Crippen molar-refractivity contribution in [2.24, 2.45) is 0 Å². The van der Waals surface area contributed by atoms with E-state index in [1.54, 1.807) is 18.2 Å². The van der Waals surface area contributed by atoms with Crippen LogP contribution in [0.4, 0.5) is 17.5 Å². The van der Waals surface area contributed by atoms with Crippen LogP contribution in [-0.4, -0.2) is 169 Å². The highest BCUT2D eigenvalue weighted by Gasteiger charge is 2.45. The predicted octanol–water partition coefficient (Wildman–Crippen LogP) is 3.87. The number of nitrogens with zero attached hydrogens (tertiary/aromatic N) is 6. The van der Waals surface area contributed by atoms with Crippen molar-refractivity contribution in [3.63, 3.8) is 0 Å². The zero-order chi connectivity index (χ0) is 48.7. The van der Waals surface area contributed by atoms with Crippen molar-refractivity contribution in [3.8, 4) is 11.3 Å². The molecule has 374 valence electrons. The van der Waals surface area contributed by atoms with E-state index in [2.05, 4.69) is 79.4 Å². The van der Waals surface area contributed by atoms with E-state index < -0.39 is 29.7 Å². The maximum Gasteiger partial charge on any atom is 0.264 e. The minimum atomic E-state index is -1.01. The molecule has 2 saturated heterocycles. The number of amides is 4. The molecule has 1 atom stereocenters. The smallest absolute Gasteiger partial charge is 0.264 e. The first-order valence-corrected chi connectivity index (χ1v) is 24.6. The van der Waals surface area contributed by atoms with Gasteiger partial charge in [-0.2, -0.15) is 4.98 Å². The van der Waals surface area contributed by atoms with Crippen molar-refractivity contribution in [3.05, 3.63) is 94.8 Å². The van der Waals surface area contributed by atoms with Crippen molar-refractivity contribution in [2.75, 3.05) is 108 Å². The summed E-state index contributed by atoms with van der Waals surface area (Å²) in [5, 5.41) is 22.5. The number of carbonyl (C=O) groups excluding carboxylic acids is 4. The molecule has 1 saturated carbocycles. The number of benzene rings is 2. The standard InChI is InChI=1S/C51H66N10O9/c1-35-5-7-36(8-6-35)31-54-51-55-33-41(47(58-51)56-38-10-12-39(62)13-11-38)42-14-9-37(32-53-42)34-60-20-18-59(19-21-60)22-24-68-26-28-70-30-29-69-27-25-67-23-17-52-43-4-2-3-40-46(43)50(66)61(49(40)65)44-15-16-45(63)57-48(44)64/h2-9,14,32-33,38-39,44,52,62H,10-13,15-31,34H2,1H3,(H,57,63,64)(H2,54,55,56,58). The number of rotatable bonds is 25. The Morgan fingerprint density at radius 3 is 2.09 bits per heavy atom. The average Bonchev–Trinajstić information content (AvgIpc) is 3.62. The van der Waals surface area contributed by atoms with Gasteiger partial charge in [0.25, 0.3) is 11.8 Å². The van der Waals surface area contributed by atoms with Crippen LogP contribution in [0.25, 0.3) is 11.3 Å². The van der Waals surface area contributed by atoms with Crippen LogP contribution in [0, 0.1) is 6.92 Å². The second-order valence-corrected chi connectivity index (χ2v) is 18.2. The number of aromatic nitrogens is 3. The van der Waals surface area contributed by atoms with Crippen LogP contribution in [0.3, 0.4) is 0 Å². The number of imide groups is 2. The summed E-state index contributed by atoms with van der Waals surface area (Å²) in [7, 11) is 0. The molecule has 19 heteroatoms. The second-order valence-electron chi connectivity index (χ2n) is 18.2. The van der Waals surface area contributed by atoms with Crippen LogP contribution in [0.15, 0.2) is 67.0 Å². The Hall–Kier alpha value is -5.93. The zero-order valence-electron chi connectivity index (χ0n) is 40.0. The molecule has 0 radical (unpaired) electrons. The van der Waals surface area contributed by atoms with Crippen molar-refractivity contribution in [1.29, 1.82) is 0 Å². The largest absolute Gasteiger partial charge is 0.393 e. The maximum atomic E-state index is 13.2. The van der Waals surface area contributed by atoms with Crippen molar-refractivity contribution in [1.82, 2.24) is 35.0 Å². The van der Waals surface area contributed by atoms with Gasteiger partial charge in [-0.1, -0.05) is 42.0 Å². The predicted molar refractivity (Wildman–Crippen MR) is 262 cm³/mol. The summed E-state index contributed by atoms with van der Waals surface area (Å²) in [5.74, 6) is -0.841. The van der Waals surface area contributed by atoms with Crippen LogP contribution in [0.5, 0.6) is 0 Å². The van der Waals surface area contributed by atoms with Crippen molar-refractivity contribution >= 4 is 41.1 Å². The fourth-order valence-corrected chi connectivity index (χ4v) is 9.05. The molecule has 1 aliphatic carbocycles. The summed E-state index contributed by atoms with van der Waals surface area (Å²) in [5.41, 5.74) is 6.14. The van der Waals surface area contributed by atoms with Crippen LogP contribution in [-0.2, 0) is 41.6 Å². The van der Waals surface area contributed by atoms with Gasteiger partial charge in [-0.3, -0.25) is 44.2 Å². The van der Waals surface area contributed by atoms with Gasteiger partial charge in [-0.15, -0.1) is 0 Å². The number of ether oxygens (including phenoxy) is 4. The minimum Gasteiger partial charge on any atom is -0.393 e. The highest BCUT2D eigenvalue weighted by atomic mass is 16.6. The molecule has 2 aromatic carbocycles. The normalized spacial score (nSPS) is 19.9. The fraction of sp³-hybridized carbons (Fsp3) is 0.510. The Morgan fingerprint density at radius 1 is 0.700 bits per heavy atom. The molecule has 3 fully saturated rings. The number of carbonyl (C=O) groups is 4. The van der Waals surface area contributed by atoms with Gasteiger partial charge in [0.05, 0.1) is 81.3 Å². The Balaban J connectivity index is 0.651. The van der Waals surface area contributed by atoms with E-state index in [1.165, 1.54) is 5.56 Å². The van der Waals surface area contributed by atoms with Crippen LogP contribution < -0.4 is 21.3 Å². The first kappa shape index (κ1) is 50.5. The molecule has 3 aliphatic heterocycles. The lowest BCUT2D eigenvalue weighted by molar-refractivity contribution is -0.136. The number of nitrogens with one attached hydrogen (secondary N) is 4. The quantitative estimate of drug-likeness (QED) is 0.0470. The number of hydrogen-bond donors (Lipinski definition) is 5. The molecule has 4 aliphatic rings. The van der Waals surface area contributed by atoms with Gasteiger partial charge in [0.15, 0.2) is 0 Å². The van der Waals surface area contributed by atoms with E-state index in [0.29, 0.717) is 77.6 Å². The van der Waals surface area contributed by atoms with Gasteiger partial charge >= 0.3 is 0 Å². The molecule has 0 bridgehead atoms. The number of piperidine rings is 1. The number of fused-ring (bicyclic) bond motifs is 1. The number of piperazine rings is 1. The summed E-state index contributed by atoms with van der Waals surface area (Å²) in [6.07, 6.45) is 7.08. The number of aliphatic hydroxyl groups excluding tert-OH is 1. The Morgan fingerprint density at radius 2 is 1.39 bits per heavy atom. The highest BCUT2D eigenvalue weighted by molar-refractivity contribution is 6.25. The zero-order valence-corrected chi connectivity index (χ0v) is 40.0. The summed E-state index contributed by atoms with van der Waals surface area (Å²) in [6.45, 7) is 12.3. The Labute approximate surface area is 409 Å². The van der Waals surface area contributed by atoms with Gasteiger partial charge in [0.2, 0.25) is 17.8 Å². The molecule has 5 heterocycles. The van der Waals surface area contributed by atoms with Gasteiger partial charge in [-0.25, -0.2) is 4.98 Å². The number of hydrogen-bond acceptors (Lipinski definition) is 17. The summed E-state index contributed by atoms with van der Waals surface area (Å²) < 4.78 is 22.8. The van der Waals surface area contributed by atoms with Crippen molar-refractivity contribution in [2.45, 2.75) is 76.7 Å². The topological polar surface area (TPSA) is 222 Å². The second kappa shape index (κ2) is 25.3. The maximum absolute atomic E-state index is 13.2. The molecule has 8 rings (SSSR count). The van der Waals surface area contributed by atoms with Crippen LogP contribution in [0.2, 0.25) is 0 Å². The first-order valence-electron chi connectivity index (χ1n) is 24.6. The van der Waals surface area contributed by atoms with Crippen molar-refractivity contribution < 1.29 is 43.2 Å². The van der Waals surface area contributed by atoms with Crippen LogP contribution in [0.1, 0.15) is 75.9 Å². The molecular weight excluding hydrogens is 897 g/mol. The molecule has 0 spiro atoms. The third kappa shape index (κ3) is 13.9. The van der Waals surface area contributed by atoms with Gasteiger partial charge in [-0.05, 0) is 68.4 Å². The summed E-state index contributed by atoms with van der Waals surface area (Å²) in [4.78, 5) is 70.5.